The summed E-state index contributed by atoms with van der Waals surface area (Å²) in [4.78, 5) is 0. The van der Waals surface area contributed by atoms with Crippen molar-refractivity contribution >= 4 is 44.4 Å². The highest BCUT2D eigenvalue weighted by atomic mass is 35.5. The van der Waals surface area contributed by atoms with Crippen molar-refractivity contribution in [2.45, 2.75) is 0 Å². The lowest BCUT2D eigenvalue weighted by molar-refractivity contribution is 0.441. The van der Waals surface area contributed by atoms with Gasteiger partial charge in [0.1, 0.15) is 16.7 Å². The maximum atomic E-state index is 6.08. The molecule has 5 rings (SSSR count). The minimum atomic E-state index is 0.687. The molecule has 0 saturated carbocycles. The average molecular weight is 320 g/mol. The van der Waals surface area contributed by atoms with E-state index in [1.807, 2.05) is 54.6 Å². The van der Waals surface area contributed by atoms with Gasteiger partial charge in [0.25, 0.3) is 0 Å². The molecule has 0 unspecified atom stereocenters. The number of para-hydroxylation sites is 1. The van der Waals surface area contributed by atoms with Gasteiger partial charge in [-0.3, -0.25) is 0 Å². The molecule has 0 amide bonds. The van der Waals surface area contributed by atoms with Gasteiger partial charge in [-0.2, -0.15) is 0 Å². The van der Waals surface area contributed by atoms with E-state index in [0.29, 0.717) is 10.8 Å². The van der Waals surface area contributed by atoms with Gasteiger partial charge in [0, 0.05) is 21.4 Å². The molecule has 0 radical (unpaired) electrons. The Morgan fingerprint density at radius 1 is 0.826 bits per heavy atom. The summed E-state index contributed by atoms with van der Waals surface area (Å²) in [7, 11) is 0. The Balaban J connectivity index is 1.92. The lowest BCUT2D eigenvalue weighted by atomic mass is 10.1. The number of hydrogen-bond acceptors (Lipinski definition) is 3. The molecule has 0 aliphatic heterocycles. The van der Waals surface area contributed by atoms with E-state index >= 15 is 0 Å². The van der Waals surface area contributed by atoms with Gasteiger partial charge in [-0.1, -0.05) is 35.0 Å². The van der Waals surface area contributed by atoms with Crippen LogP contribution in [-0.2, 0) is 0 Å². The Labute approximate surface area is 136 Å². The second-order valence-corrected chi connectivity index (χ2v) is 5.89. The standard InChI is InChI=1S/C19H10ClNO2/c20-12-7-5-11(6-8-12)18-17-15(21-23-18)10-9-14-13-3-1-2-4-16(13)22-19(14)17/h1-10H. The number of aromatic nitrogens is 1. The van der Waals surface area contributed by atoms with Crippen LogP contribution < -0.4 is 0 Å². The van der Waals surface area contributed by atoms with Crippen molar-refractivity contribution in [3.8, 4) is 11.3 Å². The fourth-order valence-electron chi connectivity index (χ4n) is 3.01. The molecule has 0 atom stereocenters. The van der Waals surface area contributed by atoms with Crippen LogP contribution in [-0.4, -0.2) is 5.16 Å². The maximum Gasteiger partial charge on any atom is 0.178 e. The Bertz CT molecular complexity index is 1170. The third kappa shape index (κ3) is 1.80. The summed E-state index contributed by atoms with van der Waals surface area (Å²) in [6, 6.07) is 19.5. The molecule has 3 aromatic carbocycles. The summed E-state index contributed by atoms with van der Waals surface area (Å²) < 4.78 is 11.7. The molecular formula is C19H10ClNO2. The van der Waals surface area contributed by atoms with Crippen LogP contribution in [0.15, 0.2) is 69.6 Å². The summed E-state index contributed by atoms with van der Waals surface area (Å²) in [6.07, 6.45) is 0. The molecular weight excluding hydrogens is 310 g/mol. The normalized spacial score (nSPS) is 11.7. The zero-order valence-electron chi connectivity index (χ0n) is 11.9. The monoisotopic (exact) mass is 319 g/mol. The molecule has 4 heteroatoms. The Morgan fingerprint density at radius 2 is 1.65 bits per heavy atom. The van der Waals surface area contributed by atoms with Crippen LogP contribution in [0.2, 0.25) is 5.02 Å². The third-order valence-corrected chi connectivity index (χ3v) is 4.35. The number of fused-ring (bicyclic) bond motifs is 5. The van der Waals surface area contributed by atoms with Crippen molar-refractivity contribution in [1.29, 1.82) is 0 Å². The van der Waals surface area contributed by atoms with Crippen LogP contribution >= 0.6 is 11.6 Å². The first-order chi connectivity index (χ1) is 11.3. The SMILES string of the molecule is Clc1ccc(-c2onc3ccc4c5ccccc5oc4c23)cc1. The van der Waals surface area contributed by atoms with Crippen molar-refractivity contribution < 1.29 is 8.94 Å². The van der Waals surface area contributed by atoms with E-state index < -0.39 is 0 Å². The summed E-state index contributed by atoms with van der Waals surface area (Å²) in [5.41, 5.74) is 3.36. The number of nitrogens with zero attached hydrogens (tertiary/aromatic N) is 1. The molecule has 0 saturated heterocycles. The molecule has 0 spiro atoms. The van der Waals surface area contributed by atoms with E-state index in [1.54, 1.807) is 0 Å². The maximum absolute atomic E-state index is 6.08. The first-order valence-corrected chi connectivity index (χ1v) is 7.64. The molecule has 23 heavy (non-hydrogen) atoms. The van der Waals surface area contributed by atoms with Crippen LogP contribution in [0.4, 0.5) is 0 Å². The van der Waals surface area contributed by atoms with E-state index in [1.165, 1.54) is 0 Å². The molecule has 0 bridgehead atoms. The average Bonchev–Trinajstić information content (AvgIpc) is 3.16. The van der Waals surface area contributed by atoms with Gasteiger partial charge in [-0.25, -0.2) is 0 Å². The summed E-state index contributed by atoms with van der Waals surface area (Å²) >= 11 is 5.98. The molecule has 0 fully saturated rings. The second kappa shape index (κ2) is 4.61. The lowest BCUT2D eigenvalue weighted by Gasteiger charge is -1.97. The van der Waals surface area contributed by atoms with E-state index in [4.69, 9.17) is 20.5 Å². The molecule has 0 aliphatic carbocycles. The van der Waals surface area contributed by atoms with Gasteiger partial charge in [0.2, 0.25) is 0 Å². The molecule has 0 N–H and O–H groups in total. The predicted molar refractivity (Wildman–Crippen MR) is 91.7 cm³/mol. The van der Waals surface area contributed by atoms with Crippen molar-refractivity contribution in [2.75, 3.05) is 0 Å². The first-order valence-electron chi connectivity index (χ1n) is 7.27. The first kappa shape index (κ1) is 12.7. The lowest BCUT2D eigenvalue weighted by Crippen LogP contribution is -1.76. The summed E-state index contributed by atoms with van der Waals surface area (Å²) in [6.45, 7) is 0. The van der Waals surface area contributed by atoms with Crippen molar-refractivity contribution in [2.24, 2.45) is 0 Å². The van der Waals surface area contributed by atoms with Crippen molar-refractivity contribution in [1.82, 2.24) is 5.16 Å². The summed E-state index contributed by atoms with van der Waals surface area (Å²) in [5, 5.41) is 7.90. The summed E-state index contributed by atoms with van der Waals surface area (Å²) in [5.74, 6) is 0.696. The number of hydrogen-bond donors (Lipinski definition) is 0. The molecule has 0 aliphatic rings. The van der Waals surface area contributed by atoms with Gasteiger partial charge in [0.15, 0.2) is 5.76 Å². The highest BCUT2D eigenvalue weighted by Crippen LogP contribution is 2.38. The van der Waals surface area contributed by atoms with E-state index in [2.05, 4.69) is 11.2 Å². The van der Waals surface area contributed by atoms with Crippen LogP contribution in [0.3, 0.4) is 0 Å². The second-order valence-electron chi connectivity index (χ2n) is 5.45. The molecule has 2 heterocycles. The molecule has 2 aromatic heterocycles. The fourth-order valence-corrected chi connectivity index (χ4v) is 3.14. The van der Waals surface area contributed by atoms with Gasteiger partial charge in [0.05, 0.1) is 5.39 Å². The number of halogens is 1. The van der Waals surface area contributed by atoms with Gasteiger partial charge in [-0.05, 0) is 42.5 Å². The number of furan rings is 1. The highest BCUT2D eigenvalue weighted by molar-refractivity contribution is 6.30. The highest BCUT2D eigenvalue weighted by Gasteiger charge is 2.18. The van der Waals surface area contributed by atoms with Gasteiger partial charge < -0.3 is 8.94 Å². The Kier molecular flexibility index (Phi) is 2.55. The predicted octanol–water partition coefficient (Wildman–Crippen LogP) is 6.05. The van der Waals surface area contributed by atoms with Crippen LogP contribution in [0.25, 0.3) is 44.2 Å². The largest absolute Gasteiger partial charge is 0.455 e. The minimum Gasteiger partial charge on any atom is -0.455 e. The van der Waals surface area contributed by atoms with Crippen LogP contribution in [0.5, 0.6) is 0 Å². The zero-order chi connectivity index (χ0) is 15.4. The topological polar surface area (TPSA) is 39.2 Å². The smallest absolute Gasteiger partial charge is 0.178 e. The van der Waals surface area contributed by atoms with Crippen molar-refractivity contribution in [3.05, 3.63) is 65.7 Å². The number of rotatable bonds is 1. The third-order valence-electron chi connectivity index (χ3n) is 4.09. The van der Waals surface area contributed by atoms with E-state index in [0.717, 1.165) is 38.4 Å². The molecule has 110 valence electrons. The van der Waals surface area contributed by atoms with E-state index in [9.17, 15) is 0 Å². The van der Waals surface area contributed by atoms with Gasteiger partial charge in [-0.15, -0.1) is 0 Å². The zero-order valence-corrected chi connectivity index (χ0v) is 12.7. The quantitative estimate of drug-likeness (QED) is 0.377. The van der Waals surface area contributed by atoms with Gasteiger partial charge >= 0.3 is 0 Å². The Morgan fingerprint density at radius 3 is 2.52 bits per heavy atom. The van der Waals surface area contributed by atoms with E-state index in [-0.39, 0.29) is 0 Å². The van der Waals surface area contributed by atoms with Crippen LogP contribution in [0, 0.1) is 0 Å². The molecule has 5 aromatic rings. The molecule has 3 nitrogen and oxygen atoms in total. The number of benzene rings is 3. The van der Waals surface area contributed by atoms with Crippen LogP contribution in [0.1, 0.15) is 0 Å². The van der Waals surface area contributed by atoms with Crippen molar-refractivity contribution in [3.63, 3.8) is 0 Å². The Hall–Kier alpha value is -2.78. The minimum absolute atomic E-state index is 0.687. The fraction of sp³-hybridized carbons (Fsp3) is 0.